The molecule has 1 aliphatic heterocycles. The lowest BCUT2D eigenvalue weighted by atomic mass is 10.0. The topological polar surface area (TPSA) is 97.2 Å². The van der Waals surface area contributed by atoms with Crippen molar-refractivity contribution in [1.82, 2.24) is 19.7 Å². The molecule has 0 radical (unpaired) electrons. The van der Waals surface area contributed by atoms with Gasteiger partial charge in [-0.3, -0.25) is 19.3 Å². The van der Waals surface area contributed by atoms with Gasteiger partial charge in [0.25, 0.3) is 17.7 Å². The highest BCUT2D eigenvalue weighted by molar-refractivity contribution is 6.22. The zero-order valence-electron chi connectivity index (χ0n) is 19.3. The number of carbonyl (C=O) groups is 3. The Morgan fingerprint density at radius 1 is 0.971 bits per heavy atom. The van der Waals surface area contributed by atoms with Crippen molar-refractivity contribution in [3.05, 3.63) is 77.0 Å². The van der Waals surface area contributed by atoms with Gasteiger partial charge in [-0.15, -0.1) is 0 Å². The molecule has 170 valence electrons. The van der Waals surface area contributed by atoms with Crippen molar-refractivity contribution in [3.63, 3.8) is 0 Å². The maximum atomic E-state index is 13.4. The van der Waals surface area contributed by atoms with Crippen molar-refractivity contribution in [2.75, 3.05) is 12.4 Å². The number of aryl methyl sites for hydroxylation is 1. The molecule has 0 saturated carbocycles. The van der Waals surface area contributed by atoms with E-state index < -0.39 is 0 Å². The first-order valence-electron chi connectivity index (χ1n) is 11.0. The Morgan fingerprint density at radius 2 is 1.71 bits per heavy atom. The largest absolute Gasteiger partial charge is 0.322 e. The average Bonchev–Trinajstić information content (AvgIpc) is 3.34. The Hall–Kier alpha value is -4.33. The lowest BCUT2D eigenvalue weighted by molar-refractivity contribution is 0.0692. The number of amides is 3. The van der Waals surface area contributed by atoms with Gasteiger partial charge in [-0.05, 0) is 50.6 Å². The Bertz CT molecular complexity index is 1500. The number of imide groups is 1. The molecule has 8 heteroatoms. The fourth-order valence-corrected chi connectivity index (χ4v) is 4.22. The Morgan fingerprint density at radius 3 is 2.44 bits per heavy atom. The fraction of sp³-hybridized carbons (Fsp3) is 0.192. The molecular weight excluding hydrogens is 430 g/mol. The van der Waals surface area contributed by atoms with Crippen molar-refractivity contribution in [1.29, 1.82) is 0 Å². The van der Waals surface area contributed by atoms with Crippen LogP contribution >= 0.6 is 0 Å². The molecule has 0 spiro atoms. The summed E-state index contributed by atoms with van der Waals surface area (Å²) in [6, 6.07) is 14.4. The molecule has 0 aliphatic carbocycles. The first-order valence-corrected chi connectivity index (χ1v) is 11.0. The Labute approximate surface area is 196 Å². The van der Waals surface area contributed by atoms with Gasteiger partial charge in [-0.25, -0.2) is 9.67 Å². The molecule has 8 nitrogen and oxygen atoms in total. The number of rotatable bonds is 4. The van der Waals surface area contributed by atoms with Gasteiger partial charge in [-0.2, -0.15) is 5.10 Å². The van der Waals surface area contributed by atoms with Gasteiger partial charge in [0.05, 0.1) is 34.0 Å². The van der Waals surface area contributed by atoms with E-state index in [4.69, 9.17) is 4.98 Å². The highest BCUT2D eigenvalue weighted by atomic mass is 16.2. The third-order valence-corrected chi connectivity index (χ3v) is 6.07. The Kier molecular flexibility index (Phi) is 5.01. The highest BCUT2D eigenvalue weighted by Gasteiger charge is 2.33. The summed E-state index contributed by atoms with van der Waals surface area (Å²) in [7, 11) is 1.44. The minimum absolute atomic E-state index is 0.0604. The lowest BCUT2D eigenvalue weighted by Gasteiger charge is -2.12. The molecule has 0 saturated heterocycles. The van der Waals surface area contributed by atoms with Crippen LogP contribution in [0.25, 0.3) is 22.3 Å². The molecule has 0 bridgehead atoms. The minimum atomic E-state index is -0.387. The van der Waals surface area contributed by atoms with Crippen molar-refractivity contribution in [2.24, 2.45) is 0 Å². The van der Waals surface area contributed by atoms with Crippen LogP contribution in [-0.4, -0.2) is 44.4 Å². The van der Waals surface area contributed by atoms with E-state index in [9.17, 15) is 14.4 Å². The molecule has 0 atom stereocenters. The van der Waals surface area contributed by atoms with E-state index in [1.165, 1.54) is 13.1 Å². The molecule has 34 heavy (non-hydrogen) atoms. The van der Waals surface area contributed by atoms with E-state index in [0.29, 0.717) is 33.5 Å². The SMILES string of the molecule is Cc1ccccc1-c1cc(C(=O)Nc2ccc3c(c2)C(=O)N(C)C3=O)c2cnn(C(C)C)c2n1. The van der Waals surface area contributed by atoms with Gasteiger partial charge >= 0.3 is 0 Å². The monoisotopic (exact) mass is 453 g/mol. The molecular formula is C26H23N5O3. The van der Waals surface area contributed by atoms with Crippen LogP contribution in [0.2, 0.25) is 0 Å². The third kappa shape index (κ3) is 3.35. The van der Waals surface area contributed by atoms with Crippen LogP contribution in [0.15, 0.2) is 54.7 Å². The number of hydrogen-bond donors (Lipinski definition) is 1. The molecule has 0 fully saturated rings. The second kappa shape index (κ2) is 7.91. The van der Waals surface area contributed by atoms with E-state index in [1.54, 1.807) is 29.1 Å². The van der Waals surface area contributed by atoms with Crippen molar-refractivity contribution in [3.8, 4) is 11.3 Å². The first kappa shape index (κ1) is 21.5. The van der Waals surface area contributed by atoms with E-state index >= 15 is 0 Å². The predicted octanol–water partition coefficient (Wildman–Crippen LogP) is 4.47. The van der Waals surface area contributed by atoms with Gasteiger partial charge in [0.15, 0.2) is 5.65 Å². The summed E-state index contributed by atoms with van der Waals surface area (Å²) in [6.45, 7) is 6.02. The van der Waals surface area contributed by atoms with Gasteiger partial charge in [0, 0.05) is 24.3 Å². The van der Waals surface area contributed by atoms with Gasteiger partial charge in [-0.1, -0.05) is 24.3 Å². The second-order valence-corrected chi connectivity index (χ2v) is 8.67. The number of pyridine rings is 1. The maximum Gasteiger partial charge on any atom is 0.261 e. The summed E-state index contributed by atoms with van der Waals surface area (Å²) in [4.78, 5) is 43.9. The summed E-state index contributed by atoms with van der Waals surface area (Å²) in [5, 5.41) is 7.97. The number of benzene rings is 2. The van der Waals surface area contributed by atoms with Crippen LogP contribution in [0, 0.1) is 6.92 Å². The van der Waals surface area contributed by atoms with Gasteiger partial charge in [0.1, 0.15) is 0 Å². The molecule has 1 N–H and O–H groups in total. The average molecular weight is 454 g/mol. The molecule has 4 aromatic rings. The summed E-state index contributed by atoms with van der Waals surface area (Å²) in [5.74, 6) is -1.09. The summed E-state index contributed by atoms with van der Waals surface area (Å²) < 4.78 is 1.80. The number of hydrogen-bond acceptors (Lipinski definition) is 5. The van der Waals surface area contributed by atoms with E-state index in [2.05, 4.69) is 10.4 Å². The highest BCUT2D eigenvalue weighted by Crippen LogP contribution is 2.30. The molecule has 2 aromatic heterocycles. The summed E-state index contributed by atoms with van der Waals surface area (Å²) >= 11 is 0. The number of nitrogens with zero attached hydrogens (tertiary/aromatic N) is 4. The van der Waals surface area contributed by atoms with Crippen molar-refractivity contribution >= 4 is 34.4 Å². The Balaban J connectivity index is 1.60. The standard InChI is InChI=1S/C26H23N5O3/c1-14(2)31-23-21(13-27-31)19(12-22(29-23)17-8-6-5-7-15(17)3)24(32)28-16-9-10-18-20(11-16)26(34)30(4)25(18)33/h5-14H,1-4H3,(H,28,32). The normalized spacial score (nSPS) is 13.1. The van der Waals surface area contributed by atoms with Crippen LogP contribution in [0.5, 0.6) is 0 Å². The predicted molar refractivity (Wildman–Crippen MR) is 129 cm³/mol. The van der Waals surface area contributed by atoms with Crippen molar-refractivity contribution in [2.45, 2.75) is 26.8 Å². The molecule has 2 aromatic carbocycles. The van der Waals surface area contributed by atoms with Gasteiger partial charge < -0.3 is 5.32 Å². The number of nitrogens with one attached hydrogen (secondary N) is 1. The van der Waals surface area contributed by atoms with E-state index in [1.807, 2.05) is 45.0 Å². The zero-order valence-corrected chi connectivity index (χ0v) is 19.3. The number of fused-ring (bicyclic) bond motifs is 2. The summed E-state index contributed by atoms with van der Waals surface area (Å²) in [5.41, 5.74) is 4.73. The summed E-state index contributed by atoms with van der Waals surface area (Å²) in [6.07, 6.45) is 1.65. The van der Waals surface area contributed by atoms with Crippen LogP contribution in [0.1, 0.15) is 56.5 Å². The fourth-order valence-electron chi connectivity index (χ4n) is 4.22. The quantitative estimate of drug-likeness (QED) is 0.460. The number of aromatic nitrogens is 3. The van der Waals surface area contributed by atoms with Crippen LogP contribution in [0.4, 0.5) is 5.69 Å². The maximum absolute atomic E-state index is 13.4. The lowest BCUT2D eigenvalue weighted by Crippen LogP contribution is -2.24. The number of carbonyl (C=O) groups excluding carboxylic acids is 3. The van der Waals surface area contributed by atoms with Crippen molar-refractivity contribution < 1.29 is 14.4 Å². The third-order valence-electron chi connectivity index (χ3n) is 6.07. The molecule has 3 heterocycles. The van der Waals surface area contributed by atoms with Gasteiger partial charge in [0.2, 0.25) is 0 Å². The molecule has 1 aliphatic rings. The van der Waals surface area contributed by atoms with Crippen LogP contribution in [0.3, 0.4) is 0 Å². The smallest absolute Gasteiger partial charge is 0.261 e. The van der Waals surface area contributed by atoms with Crippen LogP contribution < -0.4 is 5.32 Å². The molecule has 0 unspecified atom stereocenters. The zero-order chi connectivity index (χ0) is 24.1. The minimum Gasteiger partial charge on any atom is -0.322 e. The molecule has 3 amide bonds. The second-order valence-electron chi connectivity index (χ2n) is 8.67. The number of anilines is 1. The van der Waals surface area contributed by atoms with E-state index in [0.717, 1.165) is 16.0 Å². The van der Waals surface area contributed by atoms with Crippen LogP contribution in [-0.2, 0) is 0 Å². The first-order chi connectivity index (χ1) is 16.3. The van der Waals surface area contributed by atoms with E-state index in [-0.39, 0.29) is 29.3 Å². The molecule has 5 rings (SSSR count).